The molecule has 5 aromatic rings. The van der Waals surface area contributed by atoms with Gasteiger partial charge in [0, 0.05) is 29.7 Å². The first-order valence-electron chi connectivity index (χ1n) is 11.4. The quantitative estimate of drug-likeness (QED) is 0.319. The molecule has 1 N–H and O–H groups in total. The van der Waals surface area contributed by atoms with E-state index in [9.17, 15) is 9.59 Å². The fourth-order valence-corrected chi connectivity index (χ4v) is 5.02. The first-order chi connectivity index (χ1) is 17.5. The third-order valence-corrected chi connectivity index (χ3v) is 6.78. The van der Waals surface area contributed by atoms with Gasteiger partial charge in [0.25, 0.3) is 5.56 Å². The highest BCUT2D eigenvalue weighted by atomic mass is 32.1. The van der Waals surface area contributed by atoms with E-state index in [0.717, 1.165) is 33.7 Å². The molecule has 0 saturated heterocycles. The number of nitrogens with one attached hydrogen (secondary N) is 1. The lowest BCUT2D eigenvalue weighted by atomic mass is 10.1. The van der Waals surface area contributed by atoms with Crippen molar-refractivity contribution in [3.05, 3.63) is 98.8 Å². The molecule has 4 aromatic heterocycles. The molecule has 0 aliphatic heterocycles. The Morgan fingerprint density at radius 2 is 2.00 bits per heavy atom. The predicted molar refractivity (Wildman–Crippen MR) is 141 cm³/mol. The Bertz CT molecular complexity index is 1620. The van der Waals surface area contributed by atoms with Crippen molar-refractivity contribution in [3.8, 4) is 11.3 Å². The van der Waals surface area contributed by atoms with Crippen LogP contribution in [0, 0.1) is 6.92 Å². The van der Waals surface area contributed by atoms with Gasteiger partial charge in [-0.05, 0) is 49.3 Å². The summed E-state index contributed by atoms with van der Waals surface area (Å²) >= 11 is 1.16. The molecular formula is C27H23N5O3S. The molecule has 0 aliphatic carbocycles. The minimum absolute atomic E-state index is 0.265. The standard InChI is InChI=1S/C27H23N5O3S/c1-3-35-27(34)24-17(2)22-25(33)29-21(30-26(22)36-24)12-11-20-16-32(15-18-8-5-4-6-9-18)31-23(20)19-10-7-13-28-14-19/h4-14,16H,3,15H2,1-2H3,(H,29,30,33). The number of hydrogen-bond acceptors (Lipinski definition) is 7. The second-order valence-electron chi connectivity index (χ2n) is 8.10. The van der Waals surface area contributed by atoms with Crippen molar-refractivity contribution in [1.29, 1.82) is 0 Å². The summed E-state index contributed by atoms with van der Waals surface area (Å²) < 4.78 is 7.00. The van der Waals surface area contributed by atoms with E-state index in [4.69, 9.17) is 9.84 Å². The number of carbonyl (C=O) groups is 1. The zero-order valence-corrected chi connectivity index (χ0v) is 20.6. The van der Waals surface area contributed by atoms with E-state index in [1.165, 1.54) is 0 Å². The summed E-state index contributed by atoms with van der Waals surface area (Å²) in [6.45, 7) is 4.37. The summed E-state index contributed by atoms with van der Waals surface area (Å²) in [7, 11) is 0. The summed E-state index contributed by atoms with van der Waals surface area (Å²) in [5.74, 6) is -0.0569. The second kappa shape index (κ2) is 10.1. The first-order valence-corrected chi connectivity index (χ1v) is 12.3. The van der Waals surface area contributed by atoms with E-state index in [0.29, 0.717) is 33.0 Å². The first kappa shape index (κ1) is 23.4. The van der Waals surface area contributed by atoms with Gasteiger partial charge in [-0.25, -0.2) is 9.78 Å². The van der Waals surface area contributed by atoms with Crippen molar-refractivity contribution in [2.45, 2.75) is 20.4 Å². The van der Waals surface area contributed by atoms with Crippen molar-refractivity contribution in [3.63, 3.8) is 0 Å². The van der Waals surface area contributed by atoms with E-state index in [1.807, 2.05) is 47.3 Å². The van der Waals surface area contributed by atoms with Gasteiger partial charge in [0.15, 0.2) is 0 Å². The van der Waals surface area contributed by atoms with Crippen LogP contribution in [0.1, 0.15) is 39.1 Å². The van der Waals surface area contributed by atoms with Crippen molar-refractivity contribution in [1.82, 2.24) is 24.7 Å². The number of thiophene rings is 1. The Kier molecular flexibility index (Phi) is 6.55. The zero-order chi connectivity index (χ0) is 25.1. The lowest BCUT2D eigenvalue weighted by Gasteiger charge is -2.01. The molecule has 0 unspecified atom stereocenters. The molecule has 8 nitrogen and oxygen atoms in total. The summed E-state index contributed by atoms with van der Waals surface area (Å²) in [5, 5.41) is 5.20. The van der Waals surface area contributed by atoms with Crippen LogP contribution in [-0.4, -0.2) is 37.3 Å². The highest BCUT2D eigenvalue weighted by molar-refractivity contribution is 7.20. The van der Waals surface area contributed by atoms with Crippen molar-refractivity contribution in [2.24, 2.45) is 0 Å². The van der Waals surface area contributed by atoms with E-state index in [2.05, 4.69) is 27.1 Å². The number of ether oxygens (including phenoxy) is 1. The topological polar surface area (TPSA) is 103 Å². The molecule has 0 bridgehead atoms. The number of benzene rings is 1. The summed E-state index contributed by atoms with van der Waals surface area (Å²) in [6, 6.07) is 13.9. The minimum atomic E-state index is -0.443. The van der Waals surface area contributed by atoms with Crippen LogP contribution in [0.4, 0.5) is 0 Å². The van der Waals surface area contributed by atoms with Gasteiger partial charge in [-0.15, -0.1) is 11.3 Å². The van der Waals surface area contributed by atoms with Crippen LogP contribution in [-0.2, 0) is 11.3 Å². The number of pyridine rings is 1. The number of rotatable bonds is 7. The van der Waals surface area contributed by atoms with Gasteiger partial charge < -0.3 is 9.72 Å². The van der Waals surface area contributed by atoms with E-state index in [-0.39, 0.29) is 12.2 Å². The largest absolute Gasteiger partial charge is 0.462 e. The fourth-order valence-electron chi connectivity index (χ4n) is 3.94. The van der Waals surface area contributed by atoms with E-state index in [1.54, 1.807) is 32.3 Å². The normalized spacial score (nSPS) is 11.4. The molecular weight excluding hydrogens is 474 g/mol. The third-order valence-electron chi connectivity index (χ3n) is 5.61. The van der Waals surface area contributed by atoms with Crippen LogP contribution in [0.25, 0.3) is 33.6 Å². The number of esters is 1. The Morgan fingerprint density at radius 1 is 1.17 bits per heavy atom. The van der Waals surface area contributed by atoms with Crippen molar-refractivity contribution < 1.29 is 9.53 Å². The maximum Gasteiger partial charge on any atom is 0.348 e. The molecule has 36 heavy (non-hydrogen) atoms. The van der Waals surface area contributed by atoms with Crippen LogP contribution in [0.5, 0.6) is 0 Å². The number of fused-ring (bicyclic) bond motifs is 1. The molecule has 1 aromatic carbocycles. The van der Waals surface area contributed by atoms with Gasteiger partial charge in [-0.3, -0.25) is 14.5 Å². The number of nitrogens with zero attached hydrogens (tertiary/aromatic N) is 4. The SMILES string of the molecule is CCOC(=O)c1sc2nc(C=Cc3cn(Cc4ccccc4)nc3-c3cccnc3)[nH]c(=O)c2c1C. The fraction of sp³-hybridized carbons (Fsp3) is 0.148. The molecule has 0 amide bonds. The van der Waals surface area contributed by atoms with Crippen LogP contribution >= 0.6 is 11.3 Å². The Balaban J connectivity index is 1.52. The lowest BCUT2D eigenvalue weighted by molar-refractivity contribution is 0.0531. The molecule has 0 aliphatic rings. The molecule has 0 atom stereocenters. The number of aryl methyl sites for hydroxylation is 1. The molecule has 9 heteroatoms. The van der Waals surface area contributed by atoms with Crippen LogP contribution in [0.2, 0.25) is 0 Å². The molecule has 0 saturated carbocycles. The molecule has 0 radical (unpaired) electrons. The molecule has 4 heterocycles. The smallest absolute Gasteiger partial charge is 0.348 e. The van der Waals surface area contributed by atoms with Crippen LogP contribution in [0.3, 0.4) is 0 Å². The van der Waals surface area contributed by atoms with Gasteiger partial charge >= 0.3 is 5.97 Å². The van der Waals surface area contributed by atoms with Crippen molar-refractivity contribution in [2.75, 3.05) is 6.61 Å². The predicted octanol–water partition coefficient (Wildman–Crippen LogP) is 4.95. The number of H-pyrrole nitrogens is 1. The Labute approximate surface area is 210 Å². The molecule has 180 valence electrons. The average Bonchev–Trinajstić information content (AvgIpc) is 3.45. The van der Waals surface area contributed by atoms with Crippen LogP contribution < -0.4 is 5.56 Å². The molecule has 0 fully saturated rings. The number of aromatic amines is 1. The summed E-state index contributed by atoms with van der Waals surface area (Å²) in [6.07, 6.45) is 9.05. The van der Waals surface area contributed by atoms with Gasteiger partial charge in [-0.1, -0.05) is 30.3 Å². The Morgan fingerprint density at radius 3 is 2.75 bits per heavy atom. The van der Waals surface area contributed by atoms with E-state index >= 15 is 0 Å². The number of carbonyl (C=O) groups excluding carboxylic acids is 1. The minimum Gasteiger partial charge on any atom is -0.462 e. The van der Waals surface area contributed by atoms with Gasteiger partial charge in [-0.2, -0.15) is 5.10 Å². The monoisotopic (exact) mass is 497 g/mol. The maximum atomic E-state index is 12.8. The maximum absolute atomic E-state index is 12.8. The lowest BCUT2D eigenvalue weighted by Crippen LogP contribution is -2.10. The van der Waals surface area contributed by atoms with Gasteiger partial charge in [0.05, 0.1) is 18.5 Å². The molecule has 0 spiro atoms. The Hall–Kier alpha value is -4.37. The summed E-state index contributed by atoms with van der Waals surface area (Å²) in [4.78, 5) is 37.6. The number of hydrogen-bond donors (Lipinski definition) is 1. The third kappa shape index (κ3) is 4.73. The zero-order valence-electron chi connectivity index (χ0n) is 19.8. The van der Waals surface area contributed by atoms with Gasteiger partial charge in [0.2, 0.25) is 0 Å². The van der Waals surface area contributed by atoms with E-state index < -0.39 is 5.97 Å². The average molecular weight is 498 g/mol. The highest BCUT2D eigenvalue weighted by Gasteiger charge is 2.20. The van der Waals surface area contributed by atoms with Crippen molar-refractivity contribution >= 4 is 39.7 Å². The second-order valence-corrected chi connectivity index (χ2v) is 9.10. The number of aromatic nitrogens is 5. The van der Waals surface area contributed by atoms with Gasteiger partial charge in [0.1, 0.15) is 21.2 Å². The van der Waals surface area contributed by atoms with Crippen LogP contribution in [0.15, 0.2) is 65.8 Å². The molecule has 5 rings (SSSR count). The summed E-state index contributed by atoms with van der Waals surface area (Å²) in [5.41, 5.74) is 3.94. The highest BCUT2D eigenvalue weighted by Crippen LogP contribution is 2.28.